The first-order valence-electron chi connectivity index (χ1n) is 5.59. The summed E-state index contributed by atoms with van der Waals surface area (Å²) < 4.78 is 0. The molecule has 1 aliphatic rings. The maximum atomic E-state index is 4.38. The molecule has 1 aromatic heterocycles. The number of para-hydroxylation sites is 1. The van der Waals surface area contributed by atoms with Gasteiger partial charge in [-0.15, -0.1) is 12.4 Å². The largest absolute Gasteiger partial charge is 0.367 e. The summed E-state index contributed by atoms with van der Waals surface area (Å²) >= 11 is 0. The van der Waals surface area contributed by atoms with Crippen LogP contribution in [0.5, 0.6) is 0 Å². The standard InChI is InChI=1S/C12H14N4.ClH/c1-2-10-8-14-9-15-12(10)11(3-1)16-6-4-13-5-7-16;/h1-3,8-9,13H,4-7H2;1H. The predicted molar refractivity (Wildman–Crippen MR) is 71.9 cm³/mol. The Morgan fingerprint density at radius 1 is 1.18 bits per heavy atom. The fourth-order valence-electron chi connectivity index (χ4n) is 2.16. The van der Waals surface area contributed by atoms with Crippen LogP contribution in [0, 0.1) is 0 Å². The molecule has 0 bridgehead atoms. The highest BCUT2D eigenvalue weighted by atomic mass is 35.5. The van der Waals surface area contributed by atoms with Crippen LogP contribution in [0.4, 0.5) is 5.69 Å². The van der Waals surface area contributed by atoms with E-state index in [9.17, 15) is 0 Å². The quantitative estimate of drug-likeness (QED) is 0.832. The molecule has 0 unspecified atom stereocenters. The van der Waals surface area contributed by atoms with Gasteiger partial charge in [0.15, 0.2) is 0 Å². The number of aromatic nitrogens is 2. The van der Waals surface area contributed by atoms with Gasteiger partial charge in [0.05, 0.1) is 11.2 Å². The zero-order valence-corrected chi connectivity index (χ0v) is 10.3. The average molecular weight is 251 g/mol. The molecule has 0 aliphatic carbocycles. The highest BCUT2D eigenvalue weighted by Crippen LogP contribution is 2.24. The molecule has 17 heavy (non-hydrogen) atoms. The number of nitrogens with zero attached hydrogens (tertiary/aromatic N) is 3. The van der Waals surface area contributed by atoms with Crippen LogP contribution in [-0.2, 0) is 0 Å². The molecule has 0 amide bonds. The third-order valence-electron chi connectivity index (χ3n) is 2.97. The first kappa shape index (κ1) is 12.1. The summed E-state index contributed by atoms with van der Waals surface area (Å²) in [5.41, 5.74) is 2.28. The zero-order valence-electron chi connectivity index (χ0n) is 9.47. The van der Waals surface area contributed by atoms with E-state index in [1.54, 1.807) is 6.33 Å². The van der Waals surface area contributed by atoms with Gasteiger partial charge in [-0.25, -0.2) is 9.97 Å². The molecule has 2 heterocycles. The maximum Gasteiger partial charge on any atom is 0.116 e. The molecule has 0 atom stereocenters. The van der Waals surface area contributed by atoms with Crippen molar-refractivity contribution in [2.24, 2.45) is 0 Å². The minimum absolute atomic E-state index is 0. The molecule has 3 rings (SSSR count). The number of hydrogen-bond acceptors (Lipinski definition) is 4. The third-order valence-corrected chi connectivity index (χ3v) is 2.97. The van der Waals surface area contributed by atoms with Gasteiger partial charge in [0.1, 0.15) is 6.33 Å². The molecule has 90 valence electrons. The van der Waals surface area contributed by atoms with E-state index in [2.05, 4.69) is 38.4 Å². The van der Waals surface area contributed by atoms with Crippen molar-refractivity contribution < 1.29 is 0 Å². The lowest BCUT2D eigenvalue weighted by atomic mass is 10.2. The van der Waals surface area contributed by atoms with Gasteiger partial charge in [-0.2, -0.15) is 0 Å². The summed E-state index contributed by atoms with van der Waals surface area (Å²) in [5, 5.41) is 4.47. The van der Waals surface area contributed by atoms with Crippen molar-refractivity contribution in [1.29, 1.82) is 0 Å². The highest BCUT2D eigenvalue weighted by Gasteiger charge is 2.13. The first-order chi connectivity index (χ1) is 7.95. The van der Waals surface area contributed by atoms with Crippen molar-refractivity contribution >= 4 is 29.0 Å². The van der Waals surface area contributed by atoms with Gasteiger partial charge in [0, 0.05) is 37.8 Å². The van der Waals surface area contributed by atoms with Gasteiger partial charge < -0.3 is 10.2 Å². The summed E-state index contributed by atoms with van der Waals surface area (Å²) in [7, 11) is 0. The topological polar surface area (TPSA) is 41.0 Å². The van der Waals surface area contributed by atoms with Crippen molar-refractivity contribution in [3.8, 4) is 0 Å². The van der Waals surface area contributed by atoms with Crippen LogP contribution in [-0.4, -0.2) is 36.1 Å². The highest BCUT2D eigenvalue weighted by molar-refractivity contribution is 5.90. The summed E-state index contributed by atoms with van der Waals surface area (Å²) in [4.78, 5) is 10.8. The van der Waals surface area contributed by atoms with Gasteiger partial charge >= 0.3 is 0 Å². The van der Waals surface area contributed by atoms with Gasteiger partial charge in [-0.3, -0.25) is 0 Å². The number of piperazine rings is 1. The lowest BCUT2D eigenvalue weighted by Gasteiger charge is -2.29. The monoisotopic (exact) mass is 250 g/mol. The lowest BCUT2D eigenvalue weighted by Crippen LogP contribution is -2.43. The Labute approximate surface area is 106 Å². The van der Waals surface area contributed by atoms with E-state index in [1.165, 1.54) is 5.69 Å². The molecule has 2 aromatic rings. The van der Waals surface area contributed by atoms with E-state index in [4.69, 9.17) is 0 Å². The Morgan fingerprint density at radius 2 is 2.00 bits per heavy atom. The molecule has 4 nitrogen and oxygen atoms in total. The first-order valence-corrected chi connectivity index (χ1v) is 5.59. The van der Waals surface area contributed by atoms with Crippen LogP contribution in [0.15, 0.2) is 30.7 Å². The molecule has 1 N–H and O–H groups in total. The second-order valence-electron chi connectivity index (χ2n) is 3.97. The summed E-state index contributed by atoms with van der Waals surface area (Å²) in [6.45, 7) is 4.18. The van der Waals surface area contributed by atoms with E-state index in [0.29, 0.717) is 0 Å². The molecular formula is C12H15ClN4. The van der Waals surface area contributed by atoms with Gasteiger partial charge in [0.2, 0.25) is 0 Å². The Morgan fingerprint density at radius 3 is 2.82 bits per heavy atom. The van der Waals surface area contributed by atoms with E-state index in [0.717, 1.165) is 37.1 Å². The van der Waals surface area contributed by atoms with Crippen molar-refractivity contribution in [2.45, 2.75) is 0 Å². The van der Waals surface area contributed by atoms with Crippen molar-refractivity contribution in [1.82, 2.24) is 15.3 Å². The number of benzene rings is 1. The second-order valence-corrected chi connectivity index (χ2v) is 3.97. The van der Waals surface area contributed by atoms with E-state index in [-0.39, 0.29) is 12.4 Å². The fraction of sp³-hybridized carbons (Fsp3) is 0.333. The molecule has 1 saturated heterocycles. The Balaban J connectivity index is 0.00000108. The molecule has 1 aliphatic heterocycles. The van der Waals surface area contributed by atoms with Crippen LogP contribution in [0.1, 0.15) is 0 Å². The lowest BCUT2D eigenvalue weighted by molar-refractivity contribution is 0.590. The fourth-order valence-corrected chi connectivity index (χ4v) is 2.16. The SMILES string of the molecule is Cl.c1cc(N2CCNCC2)c2ncncc2c1. The van der Waals surface area contributed by atoms with Crippen molar-refractivity contribution in [3.63, 3.8) is 0 Å². The number of anilines is 1. The van der Waals surface area contributed by atoms with Gasteiger partial charge in [-0.1, -0.05) is 12.1 Å². The summed E-state index contributed by atoms with van der Waals surface area (Å²) in [5.74, 6) is 0. The Bertz CT molecular complexity index is 491. The number of halogens is 1. The predicted octanol–water partition coefficient (Wildman–Crippen LogP) is 1.46. The Hall–Kier alpha value is -1.39. The number of fused-ring (bicyclic) bond motifs is 1. The van der Waals surface area contributed by atoms with E-state index >= 15 is 0 Å². The molecule has 0 spiro atoms. The summed E-state index contributed by atoms with van der Waals surface area (Å²) in [6.07, 6.45) is 3.49. The minimum atomic E-state index is 0. The molecule has 5 heteroatoms. The van der Waals surface area contributed by atoms with E-state index < -0.39 is 0 Å². The molecule has 0 saturated carbocycles. The normalized spacial score (nSPS) is 15.6. The maximum absolute atomic E-state index is 4.38. The average Bonchev–Trinajstić information content (AvgIpc) is 2.39. The zero-order chi connectivity index (χ0) is 10.8. The summed E-state index contributed by atoms with van der Waals surface area (Å²) in [6, 6.07) is 6.27. The molecule has 1 aromatic carbocycles. The molecule has 0 radical (unpaired) electrons. The molecular weight excluding hydrogens is 236 g/mol. The van der Waals surface area contributed by atoms with Crippen molar-refractivity contribution in [3.05, 3.63) is 30.7 Å². The number of rotatable bonds is 1. The number of hydrogen-bond donors (Lipinski definition) is 1. The van der Waals surface area contributed by atoms with E-state index in [1.807, 2.05) is 6.20 Å². The van der Waals surface area contributed by atoms with Gasteiger partial charge in [-0.05, 0) is 6.07 Å². The van der Waals surface area contributed by atoms with Crippen molar-refractivity contribution in [2.75, 3.05) is 31.1 Å². The Kier molecular flexibility index (Phi) is 3.76. The third kappa shape index (κ3) is 2.33. The number of nitrogens with one attached hydrogen (secondary N) is 1. The smallest absolute Gasteiger partial charge is 0.116 e. The van der Waals surface area contributed by atoms with Crippen LogP contribution in [0.2, 0.25) is 0 Å². The minimum Gasteiger partial charge on any atom is -0.367 e. The van der Waals surface area contributed by atoms with Crippen LogP contribution in [0.3, 0.4) is 0 Å². The van der Waals surface area contributed by atoms with Crippen LogP contribution < -0.4 is 10.2 Å². The van der Waals surface area contributed by atoms with Crippen LogP contribution in [0.25, 0.3) is 10.9 Å². The molecule has 1 fully saturated rings. The second kappa shape index (κ2) is 5.29. The van der Waals surface area contributed by atoms with Gasteiger partial charge in [0.25, 0.3) is 0 Å². The van der Waals surface area contributed by atoms with Crippen LogP contribution >= 0.6 is 12.4 Å².